The van der Waals surface area contributed by atoms with Crippen molar-refractivity contribution in [2.24, 2.45) is 0 Å². The molecule has 23 heavy (non-hydrogen) atoms. The molecule has 0 bridgehead atoms. The molecule has 0 aliphatic heterocycles. The number of ether oxygens (including phenoxy) is 2. The molecular formula is C19H17NO3. The second-order valence-electron chi connectivity index (χ2n) is 4.70. The van der Waals surface area contributed by atoms with Gasteiger partial charge in [0.1, 0.15) is 5.75 Å². The minimum Gasteiger partial charge on any atom is -0.482 e. The predicted octanol–water partition coefficient (Wildman–Crippen LogP) is 3.69. The van der Waals surface area contributed by atoms with Gasteiger partial charge in [0.05, 0.1) is 18.2 Å². The van der Waals surface area contributed by atoms with E-state index in [1.165, 1.54) is 0 Å². The highest BCUT2D eigenvalue weighted by Gasteiger charge is 2.03. The summed E-state index contributed by atoms with van der Waals surface area (Å²) in [7, 11) is 0. The Bertz CT molecular complexity index is 713. The van der Waals surface area contributed by atoms with E-state index in [1.807, 2.05) is 48.5 Å². The SMILES string of the molecule is CCOC(=O)COc1ccc(/C=C(/C#N)c2ccccc2)cc1. The first kappa shape index (κ1) is 16.3. The molecule has 0 saturated heterocycles. The molecule has 0 heterocycles. The number of nitrogens with zero attached hydrogens (tertiary/aromatic N) is 1. The molecule has 0 fully saturated rings. The van der Waals surface area contributed by atoms with Gasteiger partial charge in [-0.05, 0) is 36.3 Å². The number of carbonyl (C=O) groups excluding carboxylic acids is 1. The summed E-state index contributed by atoms with van der Waals surface area (Å²) in [5, 5.41) is 9.30. The van der Waals surface area contributed by atoms with Gasteiger partial charge in [0.15, 0.2) is 6.61 Å². The molecule has 116 valence electrons. The monoisotopic (exact) mass is 307 g/mol. The molecule has 0 unspecified atom stereocenters. The number of nitriles is 1. The molecule has 2 aromatic rings. The van der Waals surface area contributed by atoms with Gasteiger partial charge in [-0.1, -0.05) is 42.5 Å². The number of carbonyl (C=O) groups is 1. The molecule has 0 aromatic heterocycles. The number of rotatable bonds is 6. The first-order valence-corrected chi connectivity index (χ1v) is 7.28. The third kappa shape index (κ3) is 5.01. The van der Waals surface area contributed by atoms with E-state index in [-0.39, 0.29) is 6.61 Å². The minimum absolute atomic E-state index is 0.115. The third-order valence-corrected chi connectivity index (χ3v) is 3.06. The van der Waals surface area contributed by atoms with Gasteiger partial charge in [-0.15, -0.1) is 0 Å². The Hall–Kier alpha value is -3.06. The second-order valence-corrected chi connectivity index (χ2v) is 4.70. The van der Waals surface area contributed by atoms with Crippen molar-refractivity contribution >= 4 is 17.6 Å². The second kappa shape index (κ2) is 8.40. The highest BCUT2D eigenvalue weighted by atomic mass is 16.6. The van der Waals surface area contributed by atoms with Crippen LogP contribution in [0.2, 0.25) is 0 Å². The molecule has 2 aromatic carbocycles. The van der Waals surface area contributed by atoms with Crippen LogP contribution in [0.1, 0.15) is 18.1 Å². The highest BCUT2D eigenvalue weighted by Crippen LogP contribution is 2.19. The maximum Gasteiger partial charge on any atom is 0.344 e. The lowest BCUT2D eigenvalue weighted by atomic mass is 10.0. The lowest BCUT2D eigenvalue weighted by molar-refractivity contribution is -0.145. The Kier molecular flexibility index (Phi) is 5.96. The van der Waals surface area contributed by atoms with E-state index in [1.54, 1.807) is 19.1 Å². The molecule has 4 nitrogen and oxygen atoms in total. The van der Waals surface area contributed by atoms with Crippen LogP contribution < -0.4 is 4.74 Å². The van der Waals surface area contributed by atoms with Gasteiger partial charge in [0.2, 0.25) is 0 Å². The Morgan fingerprint density at radius 2 is 1.83 bits per heavy atom. The Morgan fingerprint density at radius 3 is 2.43 bits per heavy atom. The minimum atomic E-state index is -0.396. The van der Waals surface area contributed by atoms with Gasteiger partial charge in [0.25, 0.3) is 0 Å². The number of allylic oxidation sites excluding steroid dienone is 1. The van der Waals surface area contributed by atoms with Gasteiger partial charge in [0, 0.05) is 0 Å². The van der Waals surface area contributed by atoms with Crippen molar-refractivity contribution in [1.29, 1.82) is 5.26 Å². The summed E-state index contributed by atoms with van der Waals surface area (Å²) in [5.74, 6) is 0.181. The number of hydrogen-bond donors (Lipinski definition) is 0. The molecular weight excluding hydrogens is 290 g/mol. The maximum atomic E-state index is 11.2. The summed E-state index contributed by atoms with van der Waals surface area (Å²) in [4.78, 5) is 11.2. The van der Waals surface area contributed by atoms with Crippen molar-refractivity contribution in [2.45, 2.75) is 6.92 Å². The summed E-state index contributed by atoms with van der Waals surface area (Å²) in [6, 6.07) is 18.9. The van der Waals surface area contributed by atoms with Crippen molar-refractivity contribution in [3.8, 4) is 11.8 Å². The molecule has 0 amide bonds. The van der Waals surface area contributed by atoms with Crippen molar-refractivity contribution in [1.82, 2.24) is 0 Å². The summed E-state index contributed by atoms with van der Waals surface area (Å²) in [6.45, 7) is 1.97. The van der Waals surface area contributed by atoms with Crippen molar-refractivity contribution in [2.75, 3.05) is 13.2 Å². The molecule has 0 aliphatic carbocycles. The summed E-state index contributed by atoms with van der Waals surface area (Å²) in [5.41, 5.74) is 2.34. The molecule has 0 aliphatic rings. The van der Waals surface area contributed by atoms with Gasteiger partial charge in [-0.2, -0.15) is 5.26 Å². The first-order chi connectivity index (χ1) is 11.2. The molecule has 2 rings (SSSR count). The lowest BCUT2D eigenvalue weighted by Gasteiger charge is -2.06. The van der Waals surface area contributed by atoms with Crippen molar-refractivity contribution in [3.63, 3.8) is 0 Å². The Morgan fingerprint density at radius 1 is 1.13 bits per heavy atom. The predicted molar refractivity (Wildman–Crippen MR) is 88.5 cm³/mol. The van der Waals surface area contributed by atoms with Crippen LogP contribution in [-0.2, 0) is 9.53 Å². The van der Waals surface area contributed by atoms with E-state index < -0.39 is 5.97 Å². The zero-order valence-electron chi connectivity index (χ0n) is 12.9. The first-order valence-electron chi connectivity index (χ1n) is 7.28. The van der Waals surface area contributed by atoms with Gasteiger partial charge in [-0.3, -0.25) is 0 Å². The summed E-state index contributed by atoms with van der Waals surface area (Å²) < 4.78 is 10.1. The summed E-state index contributed by atoms with van der Waals surface area (Å²) >= 11 is 0. The summed E-state index contributed by atoms with van der Waals surface area (Å²) in [6.07, 6.45) is 1.81. The van der Waals surface area contributed by atoms with E-state index in [0.717, 1.165) is 11.1 Å². The molecule has 4 heteroatoms. The van der Waals surface area contributed by atoms with Crippen LogP contribution in [0.4, 0.5) is 0 Å². The Labute approximate surface area is 135 Å². The highest BCUT2D eigenvalue weighted by molar-refractivity contribution is 5.89. The zero-order chi connectivity index (χ0) is 16.5. The Balaban J connectivity index is 2.06. The normalized spacial score (nSPS) is 10.7. The van der Waals surface area contributed by atoms with Crippen LogP contribution in [0.5, 0.6) is 5.75 Å². The zero-order valence-corrected chi connectivity index (χ0v) is 12.9. The molecule has 0 N–H and O–H groups in total. The van der Waals surface area contributed by atoms with Gasteiger partial charge >= 0.3 is 5.97 Å². The van der Waals surface area contributed by atoms with E-state index in [2.05, 4.69) is 6.07 Å². The maximum absolute atomic E-state index is 11.2. The number of hydrogen-bond acceptors (Lipinski definition) is 4. The number of esters is 1. The van der Waals surface area contributed by atoms with E-state index in [0.29, 0.717) is 17.9 Å². The van der Waals surface area contributed by atoms with Crippen LogP contribution in [0, 0.1) is 11.3 Å². The molecule has 0 radical (unpaired) electrons. The van der Waals surface area contributed by atoms with Crippen molar-refractivity contribution < 1.29 is 14.3 Å². The average molecular weight is 307 g/mol. The molecule has 0 atom stereocenters. The fourth-order valence-electron chi connectivity index (χ4n) is 1.97. The molecule has 0 spiro atoms. The fraction of sp³-hybridized carbons (Fsp3) is 0.158. The van der Waals surface area contributed by atoms with Crippen LogP contribution in [0.3, 0.4) is 0 Å². The van der Waals surface area contributed by atoms with Crippen LogP contribution >= 0.6 is 0 Å². The number of benzene rings is 2. The molecule has 0 saturated carbocycles. The van der Waals surface area contributed by atoms with E-state index in [9.17, 15) is 10.1 Å². The van der Waals surface area contributed by atoms with Gasteiger partial charge in [-0.25, -0.2) is 4.79 Å². The van der Waals surface area contributed by atoms with Crippen LogP contribution in [-0.4, -0.2) is 19.2 Å². The quantitative estimate of drug-likeness (QED) is 0.464. The lowest BCUT2D eigenvalue weighted by Crippen LogP contribution is -2.14. The van der Waals surface area contributed by atoms with Crippen LogP contribution in [0.15, 0.2) is 54.6 Å². The largest absolute Gasteiger partial charge is 0.482 e. The standard InChI is InChI=1S/C19H17NO3/c1-2-22-19(21)14-23-18-10-8-15(9-11-18)12-17(13-20)16-6-4-3-5-7-16/h3-12H,2,14H2,1H3/b17-12-. The van der Waals surface area contributed by atoms with Crippen molar-refractivity contribution in [3.05, 3.63) is 65.7 Å². The van der Waals surface area contributed by atoms with E-state index >= 15 is 0 Å². The van der Waals surface area contributed by atoms with Crippen LogP contribution in [0.25, 0.3) is 11.6 Å². The fourth-order valence-corrected chi connectivity index (χ4v) is 1.97. The van der Waals surface area contributed by atoms with Gasteiger partial charge < -0.3 is 9.47 Å². The smallest absolute Gasteiger partial charge is 0.344 e. The van der Waals surface area contributed by atoms with E-state index in [4.69, 9.17) is 9.47 Å². The third-order valence-electron chi connectivity index (χ3n) is 3.06. The topological polar surface area (TPSA) is 59.3 Å². The average Bonchev–Trinajstić information content (AvgIpc) is 2.60.